The number of H-pyrrole nitrogens is 2. The van der Waals surface area contributed by atoms with Gasteiger partial charge in [0.15, 0.2) is 0 Å². The summed E-state index contributed by atoms with van der Waals surface area (Å²) in [5.41, 5.74) is -3.33. The van der Waals surface area contributed by atoms with Gasteiger partial charge in [0.2, 0.25) is 0 Å². The molecule has 394 valence electrons. The van der Waals surface area contributed by atoms with Crippen LogP contribution in [0.3, 0.4) is 0 Å². The first-order chi connectivity index (χ1) is 34.4. The summed E-state index contributed by atoms with van der Waals surface area (Å²) in [6, 6.07) is 6.58. The van der Waals surface area contributed by atoms with E-state index in [2.05, 4.69) is 15.3 Å². The average Bonchev–Trinajstić information content (AvgIpc) is 4.00. The van der Waals surface area contributed by atoms with Gasteiger partial charge in [-0.15, -0.1) is 0 Å². The molecule has 2 amide bonds. The number of halogens is 12. The smallest absolute Gasteiger partial charge is 0.416 e. The number of aromatic amines is 2. The monoisotopic (exact) mass is 1050 g/mol. The molecule has 0 radical (unpaired) electrons. The number of benzene rings is 2. The van der Waals surface area contributed by atoms with Crippen LogP contribution in [0.5, 0.6) is 0 Å². The molecule has 5 atom stereocenters. The number of fused-ring (bicyclic) bond motifs is 8. The molecule has 0 saturated carbocycles. The number of aromatic nitrogens is 4. The number of carbonyl (C=O) groups excluding carboxylic acids is 3. The highest BCUT2D eigenvalue weighted by atomic mass is 19.4. The van der Waals surface area contributed by atoms with Crippen molar-refractivity contribution in [3.8, 4) is 0 Å². The van der Waals surface area contributed by atoms with Gasteiger partial charge >= 0.3 is 30.7 Å². The highest BCUT2D eigenvalue weighted by molar-refractivity contribution is 6.23. The fourth-order valence-corrected chi connectivity index (χ4v) is 10.4. The fourth-order valence-electron chi connectivity index (χ4n) is 10.4. The first kappa shape index (κ1) is 53.6. The van der Waals surface area contributed by atoms with E-state index in [1.807, 2.05) is 13.8 Å². The highest BCUT2D eigenvalue weighted by Gasteiger charge is 2.43. The van der Waals surface area contributed by atoms with Crippen LogP contribution in [0.1, 0.15) is 170 Å². The molecule has 3 aliphatic heterocycles. The number of ether oxygens (including phenoxy) is 1. The largest absolute Gasteiger partial charge is 0.469 e. The lowest BCUT2D eigenvalue weighted by atomic mass is 9.84. The molecule has 3 aliphatic rings. The summed E-state index contributed by atoms with van der Waals surface area (Å²) in [5.74, 6) is -4.65. The van der Waals surface area contributed by atoms with Crippen molar-refractivity contribution in [2.24, 2.45) is 0 Å². The van der Waals surface area contributed by atoms with Crippen LogP contribution in [0.4, 0.5) is 52.7 Å². The zero-order valence-electron chi connectivity index (χ0n) is 40.6. The minimum Gasteiger partial charge on any atom is -0.469 e. The number of nitrogens with zero attached hydrogens (tertiary/aromatic N) is 3. The number of methoxy groups -OCH3 is 1. The molecular formula is C52H48F12N6O4. The second kappa shape index (κ2) is 19.2. The Morgan fingerprint density at radius 2 is 1.15 bits per heavy atom. The van der Waals surface area contributed by atoms with Crippen LogP contribution in [-0.4, -0.2) is 49.7 Å². The van der Waals surface area contributed by atoms with E-state index >= 15 is 4.79 Å². The highest BCUT2D eigenvalue weighted by Crippen LogP contribution is 2.46. The van der Waals surface area contributed by atoms with Gasteiger partial charge in [0, 0.05) is 76.3 Å². The van der Waals surface area contributed by atoms with Crippen LogP contribution >= 0.6 is 0 Å². The summed E-state index contributed by atoms with van der Waals surface area (Å²) in [4.78, 5) is 59.7. The van der Waals surface area contributed by atoms with Gasteiger partial charge in [0.05, 0.1) is 58.2 Å². The number of esters is 1. The predicted octanol–water partition coefficient (Wildman–Crippen LogP) is 13.8. The van der Waals surface area contributed by atoms with Crippen molar-refractivity contribution in [2.45, 2.75) is 128 Å². The van der Waals surface area contributed by atoms with E-state index in [1.165, 1.54) is 7.11 Å². The number of amides is 2. The van der Waals surface area contributed by atoms with E-state index in [4.69, 9.17) is 14.7 Å². The molecule has 3 aromatic heterocycles. The molecule has 74 heavy (non-hydrogen) atoms. The molecule has 3 N–H and O–H groups in total. The Hall–Kier alpha value is -6.71. The van der Waals surface area contributed by atoms with Crippen molar-refractivity contribution in [3.05, 3.63) is 139 Å². The molecule has 5 aromatic rings. The third-order valence-electron chi connectivity index (χ3n) is 14.3. The zero-order chi connectivity index (χ0) is 54.3. The maximum absolute atomic E-state index is 15.1. The molecular weight excluding hydrogens is 1000 g/mol. The summed E-state index contributed by atoms with van der Waals surface area (Å²) in [7, 11) is 1.18. The molecule has 0 spiro atoms. The molecule has 8 bridgehead atoms. The van der Waals surface area contributed by atoms with Gasteiger partial charge in [-0.1, -0.05) is 20.8 Å². The van der Waals surface area contributed by atoms with Crippen LogP contribution < -0.4 is 5.32 Å². The molecule has 10 nitrogen and oxygen atoms in total. The Bertz CT molecular complexity index is 3200. The number of rotatable bonds is 10. The molecule has 2 aromatic carbocycles. The SMILES string of the molecule is CCC1c2cc3[nH]c4c(c5nc(cc6[nH]c(cc(n2)C1C)c(C(C)NCc1cc(C(F)(F)F)cc(C(F)(F)F)c1)c6C)[C@@H](C)[C@@H]5CCC(=O)OC)C(=O)N(Cc1cc(C(F)(F)F)cc(C(F)(F)F)c1)C(=O)c4c3C. The lowest BCUT2D eigenvalue weighted by molar-refractivity contribution is -0.144. The third kappa shape index (κ3) is 10.1. The molecule has 0 saturated heterocycles. The zero-order valence-corrected chi connectivity index (χ0v) is 40.6. The van der Waals surface area contributed by atoms with Crippen molar-refractivity contribution in [2.75, 3.05) is 7.11 Å². The third-order valence-corrected chi connectivity index (χ3v) is 14.3. The van der Waals surface area contributed by atoms with Crippen LogP contribution in [-0.2, 0) is 47.3 Å². The fraction of sp³-hybridized carbons (Fsp3) is 0.404. The quantitative estimate of drug-likeness (QED) is 0.0721. The van der Waals surface area contributed by atoms with E-state index in [1.54, 1.807) is 45.9 Å². The Kier molecular flexibility index (Phi) is 13.9. The lowest BCUT2D eigenvalue weighted by Crippen LogP contribution is -2.40. The van der Waals surface area contributed by atoms with Crippen molar-refractivity contribution >= 4 is 39.9 Å². The number of hydrogen-bond donors (Lipinski definition) is 3. The molecule has 8 rings (SSSR count). The van der Waals surface area contributed by atoms with E-state index in [0.717, 1.165) is 0 Å². The van der Waals surface area contributed by atoms with E-state index in [-0.39, 0.29) is 70.3 Å². The van der Waals surface area contributed by atoms with Crippen molar-refractivity contribution in [3.63, 3.8) is 0 Å². The van der Waals surface area contributed by atoms with Gasteiger partial charge in [-0.25, -0.2) is 0 Å². The Labute approximate surface area is 414 Å². The van der Waals surface area contributed by atoms with Gasteiger partial charge in [0.25, 0.3) is 11.8 Å². The maximum atomic E-state index is 15.1. The van der Waals surface area contributed by atoms with Gasteiger partial charge < -0.3 is 20.0 Å². The Balaban J connectivity index is 1.37. The number of hydrogen-bond acceptors (Lipinski definition) is 7. The summed E-state index contributed by atoms with van der Waals surface area (Å²) in [6.07, 6.45) is -20.2. The number of imide groups is 1. The van der Waals surface area contributed by atoms with E-state index < -0.39 is 101 Å². The topological polar surface area (TPSA) is 133 Å². The molecule has 6 heterocycles. The molecule has 22 heteroatoms. The normalized spacial score (nSPS) is 18.8. The summed E-state index contributed by atoms with van der Waals surface area (Å²) >= 11 is 0. The average molecular weight is 1050 g/mol. The minimum absolute atomic E-state index is 0.0110. The number of alkyl halides is 12. The summed E-state index contributed by atoms with van der Waals surface area (Å²) < 4.78 is 172. The number of aryl methyl sites for hydroxylation is 2. The predicted molar refractivity (Wildman–Crippen MR) is 247 cm³/mol. The maximum Gasteiger partial charge on any atom is 0.416 e. The number of carbonyl (C=O) groups is 3. The first-order valence-electron chi connectivity index (χ1n) is 23.4. The first-order valence-corrected chi connectivity index (χ1v) is 23.4. The number of nitrogens with one attached hydrogen (secondary N) is 3. The molecule has 3 unspecified atom stereocenters. The van der Waals surface area contributed by atoms with Crippen LogP contribution in [0.15, 0.2) is 54.6 Å². The van der Waals surface area contributed by atoms with Crippen LogP contribution in [0.25, 0.3) is 22.1 Å². The van der Waals surface area contributed by atoms with Crippen LogP contribution in [0, 0.1) is 13.8 Å². The summed E-state index contributed by atoms with van der Waals surface area (Å²) in [5, 5.41) is 3.09. The van der Waals surface area contributed by atoms with Crippen molar-refractivity contribution in [1.29, 1.82) is 0 Å². The van der Waals surface area contributed by atoms with E-state index in [0.29, 0.717) is 80.3 Å². The van der Waals surface area contributed by atoms with E-state index in [9.17, 15) is 62.3 Å². The van der Waals surface area contributed by atoms with Gasteiger partial charge in [0.1, 0.15) is 0 Å². The van der Waals surface area contributed by atoms with Crippen LogP contribution in [0.2, 0.25) is 0 Å². The lowest BCUT2D eigenvalue weighted by Gasteiger charge is -2.27. The second-order valence-corrected chi connectivity index (χ2v) is 19.0. The van der Waals surface area contributed by atoms with Gasteiger partial charge in [-0.3, -0.25) is 29.3 Å². The van der Waals surface area contributed by atoms with Gasteiger partial charge in [-0.2, -0.15) is 52.7 Å². The minimum atomic E-state index is -5.24. The second-order valence-electron chi connectivity index (χ2n) is 19.0. The summed E-state index contributed by atoms with van der Waals surface area (Å²) in [6.45, 7) is 9.19. The Morgan fingerprint density at radius 3 is 1.69 bits per heavy atom. The van der Waals surface area contributed by atoms with Gasteiger partial charge in [-0.05, 0) is 116 Å². The molecule has 0 fully saturated rings. The Morgan fingerprint density at radius 1 is 0.662 bits per heavy atom. The van der Waals surface area contributed by atoms with Crippen molar-refractivity contribution < 1.29 is 71.8 Å². The van der Waals surface area contributed by atoms with Crippen molar-refractivity contribution in [1.82, 2.24) is 30.2 Å². The standard InChI is InChI=1S/C52H48F12N6O4/c1-8-33-22(2)35-19-40-42(26(6)65-20-27-11-29(49(53,54)55)15-30(12-27)50(56,57)58)24(4)37(67-40)17-36-23(3)34(9-10-41(71)74-7)45(68-36)44-46-43(25(5)38(69-46)18-39(33)66-35)47(72)70(48(44)73)21-28-13-31(51(59,60)61)16-32(14-28)52(62,63)64/h11-19,22-23,26,33-34,65,67,69H,8-10,20-21H2,1-7H3/t22?,23-,26?,33?,34-/m0/s1. The molecule has 0 aliphatic carbocycles.